The Bertz CT molecular complexity index is 925. The van der Waals surface area contributed by atoms with Crippen LogP contribution in [0.4, 0.5) is 11.4 Å². The van der Waals surface area contributed by atoms with Gasteiger partial charge in [0.05, 0.1) is 7.11 Å². The molecule has 5 heteroatoms. The third kappa shape index (κ3) is 4.64. The molecule has 5 nitrogen and oxygen atoms in total. The van der Waals surface area contributed by atoms with Crippen LogP contribution >= 0.6 is 0 Å². The Kier molecular flexibility index (Phi) is 6.05. The van der Waals surface area contributed by atoms with Gasteiger partial charge >= 0.3 is 0 Å². The minimum Gasteiger partial charge on any atom is -0.496 e. The van der Waals surface area contributed by atoms with Crippen molar-refractivity contribution in [2.75, 3.05) is 17.7 Å². The Morgan fingerprint density at radius 3 is 2.56 bits per heavy atom. The van der Waals surface area contributed by atoms with Gasteiger partial charge in [0, 0.05) is 29.7 Å². The molecular formula is C22H23N3O2. The smallest absolute Gasteiger partial charge is 0.274 e. The summed E-state index contributed by atoms with van der Waals surface area (Å²) >= 11 is 0. The molecule has 0 aliphatic rings. The summed E-state index contributed by atoms with van der Waals surface area (Å²) in [6, 6.07) is 19.2. The molecule has 27 heavy (non-hydrogen) atoms. The third-order valence-corrected chi connectivity index (χ3v) is 4.31. The molecule has 1 aromatic heterocycles. The molecule has 0 spiro atoms. The molecule has 0 radical (unpaired) electrons. The number of ether oxygens (including phenoxy) is 1. The average Bonchev–Trinajstić information content (AvgIpc) is 2.73. The van der Waals surface area contributed by atoms with E-state index in [9.17, 15) is 4.79 Å². The number of carbonyl (C=O) groups excluding carboxylic acids is 1. The topological polar surface area (TPSA) is 63.2 Å². The van der Waals surface area contributed by atoms with Crippen molar-refractivity contribution in [1.29, 1.82) is 0 Å². The first kappa shape index (κ1) is 18.5. The molecule has 0 saturated carbocycles. The first-order valence-corrected chi connectivity index (χ1v) is 8.92. The van der Waals surface area contributed by atoms with Crippen LogP contribution in [-0.4, -0.2) is 18.0 Å². The van der Waals surface area contributed by atoms with Crippen LogP contribution in [-0.2, 0) is 13.0 Å². The number of pyridine rings is 1. The number of nitrogens with one attached hydrogen (secondary N) is 2. The summed E-state index contributed by atoms with van der Waals surface area (Å²) in [5, 5.41) is 6.27. The summed E-state index contributed by atoms with van der Waals surface area (Å²) in [6.07, 6.45) is 2.48. The fourth-order valence-electron chi connectivity index (χ4n) is 2.85. The lowest BCUT2D eigenvalue weighted by Gasteiger charge is -2.12. The van der Waals surface area contributed by atoms with E-state index < -0.39 is 0 Å². The lowest BCUT2D eigenvalue weighted by atomic mass is 10.1. The molecule has 0 atom stereocenters. The fraction of sp³-hybridized carbons (Fsp3) is 0.182. The van der Waals surface area contributed by atoms with E-state index in [1.807, 2.05) is 54.6 Å². The number of carbonyl (C=O) groups is 1. The van der Waals surface area contributed by atoms with E-state index in [0.29, 0.717) is 12.2 Å². The van der Waals surface area contributed by atoms with Gasteiger partial charge in [0.1, 0.15) is 11.4 Å². The van der Waals surface area contributed by atoms with Crippen molar-refractivity contribution in [2.24, 2.45) is 0 Å². The SMILES string of the molecule is CCc1ccccc1NC(=O)c1cc(NCc2ccccc2OC)ccn1. The van der Waals surface area contributed by atoms with E-state index >= 15 is 0 Å². The molecule has 0 unspecified atom stereocenters. The van der Waals surface area contributed by atoms with Gasteiger partial charge < -0.3 is 15.4 Å². The maximum absolute atomic E-state index is 12.6. The number of hydrogen-bond acceptors (Lipinski definition) is 4. The Balaban J connectivity index is 1.70. The summed E-state index contributed by atoms with van der Waals surface area (Å²) in [5.41, 5.74) is 4.14. The highest BCUT2D eigenvalue weighted by Gasteiger charge is 2.10. The van der Waals surface area contributed by atoms with Crippen molar-refractivity contribution in [2.45, 2.75) is 19.9 Å². The van der Waals surface area contributed by atoms with Crippen molar-refractivity contribution in [3.63, 3.8) is 0 Å². The van der Waals surface area contributed by atoms with Crippen LogP contribution in [0.1, 0.15) is 28.5 Å². The van der Waals surface area contributed by atoms with E-state index in [0.717, 1.165) is 34.7 Å². The molecule has 1 heterocycles. The normalized spacial score (nSPS) is 10.3. The predicted octanol–water partition coefficient (Wildman–Crippen LogP) is 4.52. The maximum Gasteiger partial charge on any atom is 0.274 e. The van der Waals surface area contributed by atoms with Crippen molar-refractivity contribution < 1.29 is 9.53 Å². The molecule has 0 bridgehead atoms. The van der Waals surface area contributed by atoms with Gasteiger partial charge in [0.2, 0.25) is 0 Å². The highest BCUT2D eigenvalue weighted by molar-refractivity contribution is 6.03. The maximum atomic E-state index is 12.6. The molecule has 2 aromatic carbocycles. The quantitative estimate of drug-likeness (QED) is 0.650. The average molecular weight is 361 g/mol. The molecule has 1 amide bonds. The molecule has 3 aromatic rings. The van der Waals surface area contributed by atoms with E-state index in [4.69, 9.17) is 4.74 Å². The van der Waals surface area contributed by atoms with Crippen LogP contribution in [0.3, 0.4) is 0 Å². The number of aromatic nitrogens is 1. The van der Waals surface area contributed by atoms with Gasteiger partial charge in [-0.3, -0.25) is 9.78 Å². The molecule has 0 saturated heterocycles. The Hall–Kier alpha value is -3.34. The Morgan fingerprint density at radius 2 is 1.78 bits per heavy atom. The number of rotatable bonds is 7. The summed E-state index contributed by atoms with van der Waals surface area (Å²) in [5.74, 6) is 0.602. The summed E-state index contributed by atoms with van der Waals surface area (Å²) in [6.45, 7) is 2.65. The van der Waals surface area contributed by atoms with E-state index in [2.05, 4.69) is 22.5 Å². The summed E-state index contributed by atoms with van der Waals surface area (Å²) < 4.78 is 5.37. The minimum absolute atomic E-state index is 0.225. The zero-order valence-electron chi connectivity index (χ0n) is 15.5. The fourth-order valence-corrected chi connectivity index (χ4v) is 2.85. The molecule has 0 aliphatic heterocycles. The van der Waals surface area contributed by atoms with Crippen LogP contribution < -0.4 is 15.4 Å². The molecule has 0 aliphatic carbocycles. The van der Waals surface area contributed by atoms with E-state index in [1.165, 1.54) is 0 Å². The van der Waals surface area contributed by atoms with Gasteiger partial charge in [-0.05, 0) is 36.2 Å². The van der Waals surface area contributed by atoms with Gasteiger partial charge in [-0.15, -0.1) is 0 Å². The number of methoxy groups -OCH3 is 1. The second-order valence-electron chi connectivity index (χ2n) is 6.06. The largest absolute Gasteiger partial charge is 0.496 e. The van der Waals surface area contributed by atoms with E-state index in [-0.39, 0.29) is 5.91 Å². The van der Waals surface area contributed by atoms with Crippen LogP contribution in [0.25, 0.3) is 0 Å². The van der Waals surface area contributed by atoms with Gasteiger partial charge in [0.15, 0.2) is 0 Å². The number of para-hydroxylation sites is 2. The Labute approximate surface area is 159 Å². The second kappa shape index (κ2) is 8.85. The standard InChI is InChI=1S/C22H23N3O2/c1-3-16-8-4-6-10-19(16)25-22(26)20-14-18(12-13-23-20)24-15-17-9-5-7-11-21(17)27-2/h4-14H,3,15H2,1-2H3,(H,23,24)(H,25,26). The predicted molar refractivity (Wildman–Crippen MR) is 108 cm³/mol. The number of nitrogens with zero attached hydrogens (tertiary/aromatic N) is 1. The van der Waals surface area contributed by atoms with Crippen molar-refractivity contribution >= 4 is 17.3 Å². The highest BCUT2D eigenvalue weighted by atomic mass is 16.5. The molecule has 3 rings (SSSR count). The van der Waals surface area contributed by atoms with Gasteiger partial charge in [-0.2, -0.15) is 0 Å². The Morgan fingerprint density at radius 1 is 1.04 bits per heavy atom. The highest BCUT2D eigenvalue weighted by Crippen LogP contribution is 2.20. The lowest BCUT2D eigenvalue weighted by Crippen LogP contribution is -2.15. The molecule has 2 N–H and O–H groups in total. The van der Waals surface area contributed by atoms with Gasteiger partial charge in [-0.1, -0.05) is 43.3 Å². The molecule has 138 valence electrons. The van der Waals surface area contributed by atoms with Crippen LogP contribution in [0.2, 0.25) is 0 Å². The van der Waals surface area contributed by atoms with Crippen LogP contribution in [0, 0.1) is 0 Å². The molecule has 0 fully saturated rings. The van der Waals surface area contributed by atoms with Crippen molar-refractivity contribution in [1.82, 2.24) is 4.98 Å². The van der Waals surface area contributed by atoms with E-state index in [1.54, 1.807) is 19.4 Å². The lowest BCUT2D eigenvalue weighted by molar-refractivity contribution is 0.102. The second-order valence-corrected chi connectivity index (χ2v) is 6.06. The third-order valence-electron chi connectivity index (χ3n) is 4.31. The van der Waals surface area contributed by atoms with Crippen molar-refractivity contribution in [3.05, 3.63) is 83.7 Å². The number of benzene rings is 2. The number of aryl methyl sites for hydroxylation is 1. The first-order valence-electron chi connectivity index (χ1n) is 8.92. The number of anilines is 2. The van der Waals surface area contributed by atoms with Crippen LogP contribution in [0.15, 0.2) is 66.9 Å². The first-order chi connectivity index (χ1) is 13.2. The van der Waals surface area contributed by atoms with Crippen molar-refractivity contribution in [3.8, 4) is 5.75 Å². The van der Waals surface area contributed by atoms with Crippen LogP contribution in [0.5, 0.6) is 5.75 Å². The number of hydrogen-bond donors (Lipinski definition) is 2. The van der Waals surface area contributed by atoms with Gasteiger partial charge in [-0.25, -0.2) is 0 Å². The zero-order chi connectivity index (χ0) is 19.1. The monoisotopic (exact) mass is 361 g/mol. The number of amides is 1. The summed E-state index contributed by atoms with van der Waals surface area (Å²) in [4.78, 5) is 16.8. The summed E-state index contributed by atoms with van der Waals surface area (Å²) in [7, 11) is 1.65. The van der Waals surface area contributed by atoms with Gasteiger partial charge in [0.25, 0.3) is 5.91 Å². The minimum atomic E-state index is -0.225. The zero-order valence-corrected chi connectivity index (χ0v) is 15.5. The molecular weight excluding hydrogens is 338 g/mol.